The Balaban J connectivity index is 2.27. The fraction of sp³-hybridized carbons (Fsp3) is 0.200. The van der Waals surface area contributed by atoms with Gasteiger partial charge in [0.2, 0.25) is 0 Å². The highest BCUT2D eigenvalue weighted by atomic mass is 19.2. The molecule has 0 radical (unpaired) electrons. The third kappa shape index (κ3) is 1.71. The van der Waals surface area contributed by atoms with Crippen LogP contribution in [-0.2, 0) is 6.42 Å². The molecule has 2 rings (SSSR count). The zero-order valence-corrected chi connectivity index (χ0v) is 8.38. The van der Waals surface area contributed by atoms with Crippen LogP contribution >= 0.6 is 0 Å². The van der Waals surface area contributed by atoms with Gasteiger partial charge in [-0.1, -0.05) is 39.3 Å². The highest BCUT2D eigenvalue weighted by Crippen LogP contribution is 2.42. The first-order valence-electron chi connectivity index (χ1n) is 4.67. The van der Waals surface area contributed by atoms with E-state index in [1.807, 2.05) is 0 Å². The Labute approximate surface area is 93.4 Å². The summed E-state index contributed by atoms with van der Waals surface area (Å²) in [6, 6.07) is 7.41. The zero-order valence-electron chi connectivity index (χ0n) is 8.38. The standard InChI is InChI=1S/C10H7F5N2/c11-8-9(12)17(15)10(13,16(8)14)6-7-4-2-1-3-5-7/h1-5H,6H2. The van der Waals surface area contributed by atoms with Crippen LogP contribution in [0.1, 0.15) is 5.56 Å². The first-order valence-corrected chi connectivity index (χ1v) is 4.67. The predicted molar refractivity (Wildman–Crippen MR) is 49.1 cm³/mol. The molecule has 0 aromatic heterocycles. The van der Waals surface area contributed by atoms with Crippen molar-refractivity contribution in [3.8, 4) is 0 Å². The summed E-state index contributed by atoms with van der Waals surface area (Å²) in [5.41, 5.74) is 0.197. The van der Waals surface area contributed by atoms with Crippen molar-refractivity contribution in [3.05, 3.63) is 47.8 Å². The summed E-state index contributed by atoms with van der Waals surface area (Å²) >= 11 is 0. The van der Waals surface area contributed by atoms with E-state index in [4.69, 9.17) is 0 Å². The van der Waals surface area contributed by atoms with Crippen LogP contribution in [0.5, 0.6) is 0 Å². The second kappa shape index (κ2) is 3.90. The summed E-state index contributed by atoms with van der Waals surface area (Å²) in [6.07, 6.45) is -0.859. The molecule has 2 nitrogen and oxygen atoms in total. The molecule has 1 aliphatic heterocycles. The van der Waals surface area contributed by atoms with Crippen LogP contribution < -0.4 is 0 Å². The molecular weight excluding hydrogens is 243 g/mol. The van der Waals surface area contributed by atoms with Crippen LogP contribution in [-0.4, -0.2) is 16.2 Å². The summed E-state index contributed by atoms with van der Waals surface area (Å²) in [4.78, 5) is 0. The molecule has 0 saturated carbocycles. The molecule has 1 aliphatic rings. The lowest BCUT2D eigenvalue weighted by Crippen LogP contribution is -2.45. The second-order valence-corrected chi connectivity index (χ2v) is 3.52. The molecule has 1 aromatic carbocycles. The maximum atomic E-state index is 13.9. The lowest BCUT2D eigenvalue weighted by Gasteiger charge is -2.27. The number of alkyl halides is 1. The summed E-state index contributed by atoms with van der Waals surface area (Å²) < 4.78 is 65.4. The number of nitrogens with zero attached hydrogens (tertiary/aromatic N) is 2. The molecule has 0 atom stereocenters. The van der Waals surface area contributed by atoms with Crippen LogP contribution in [0.15, 0.2) is 42.2 Å². The molecule has 0 bridgehead atoms. The Kier molecular flexibility index (Phi) is 2.68. The monoisotopic (exact) mass is 250 g/mol. The number of halogens is 5. The minimum absolute atomic E-state index is 0.197. The van der Waals surface area contributed by atoms with E-state index in [9.17, 15) is 22.1 Å². The molecule has 0 spiro atoms. The molecule has 17 heavy (non-hydrogen) atoms. The Morgan fingerprint density at radius 1 is 0.941 bits per heavy atom. The summed E-state index contributed by atoms with van der Waals surface area (Å²) in [5.74, 6) is -7.97. The average molecular weight is 250 g/mol. The topological polar surface area (TPSA) is 6.48 Å². The third-order valence-corrected chi connectivity index (χ3v) is 2.39. The maximum absolute atomic E-state index is 13.9. The van der Waals surface area contributed by atoms with Crippen molar-refractivity contribution in [2.45, 2.75) is 12.3 Å². The van der Waals surface area contributed by atoms with Gasteiger partial charge >= 0.3 is 5.92 Å². The number of benzene rings is 1. The van der Waals surface area contributed by atoms with Crippen molar-refractivity contribution < 1.29 is 22.1 Å². The van der Waals surface area contributed by atoms with Gasteiger partial charge in [-0.3, -0.25) is 0 Å². The molecular formula is C10H7F5N2. The third-order valence-electron chi connectivity index (χ3n) is 2.39. The lowest BCUT2D eigenvalue weighted by atomic mass is 10.1. The normalized spacial score (nSPS) is 19.1. The number of hydrogen-bond donors (Lipinski definition) is 0. The highest BCUT2D eigenvalue weighted by Gasteiger charge is 2.56. The number of hydrogen-bond acceptors (Lipinski definition) is 2. The Morgan fingerprint density at radius 3 is 1.88 bits per heavy atom. The average Bonchev–Trinajstić information content (AvgIpc) is 2.47. The minimum atomic E-state index is -3.53. The van der Waals surface area contributed by atoms with Gasteiger partial charge < -0.3 is 0 Å². The van der Waals surface area contributed by atoms with Gasteiger partial charge in [-0.25, -0.2) is 0 Å². The Hall–Kier alpha value is -1.79. The van der Waals surface area contributed by atoms with E-state index in [0.717, 1.165) is 0 Å². The van der Waals surface area contributed by atoms with E-state index in [-0.39, 0.29) is 5.56 Å². The first kappa shape index (κ1) is 11.7. The molecule has 1 aromatic rings. The van der Waals surface area contributed by atoms with E-state index in [2.05, 4.69) is 0 Å². The smallest absolute Gasteiger partial charge is 0.189 e. The molecule has 0 N–H and O–H groups in total. The zero-order chi connectivity index (χ0) is 12.6. The molecule has 0 aliphatic carbocycles. The minimum Gasteiger partial charge on any atom is -0.189 e. The van der Waals surface area contributed by atoms with Crippen molar-refractivity contribution in [3.63, 3.8) is 0 Å². The van der Waals surface area contributed by atoms with Crippen molar-refractivity contribution >= 4 is 0 Å². The predicted octanol–water partition coefficient (Wildman–Crippen LogP) is 3.30. The first-order chi connectivity index (χ1) is 7.97. The van der Waals surface area contributed by atoms with Gasteiger partial charge in [0.1, 0.15) is 0 Å². The highest BCUT2D eigenvalue weighted by molar-refractivity contribution is 5.19. The molecule has 0 amide bonds. The fourth-order valence-corrected chi connectivity index (χ4v) is 1.53. The fourth-order valence-electron chi connectivity index (χ4n) is 1.53. The van der Waals surface area contributed by atoms with E-state index in [1.54, 1.807) is 6.07 Å². The van der Waals surface area contributed by atoms with E-state index in [1.165, 1.54) is 24.3 Å². The second-order valence-electron chi connectivity index (χ2n) is 3.52. The summed E-state index contributed by atoms with van der Waals surface area (Å²) in [6.45, 7) is 0. The molecule has 0 fully saturated rings. The Morgan fingerprint density at radius 2 is 1.41 bits per heavy atom. The maximum Gasteiger partial charge on any atom is 0.321 e. The van der Waals surface area contributed by atoms with Gasteiger partial charge in [-0.15, -0.1) is 10.2 Å². The van der Waals surface area contributed by atoms with Crippen LogP contribution in [0, 0.1) is 0 Å². The van der Waals surface area contributed by atoms with E-state index >= 15 is 0 Å². The SMILES string of the molecule is FC1=C(F)N(F)C(F)(Cc2ccccc2)N1F. The van der Waals surface area contributed by atoms with Crippen LogP contribution in [0.4, 0.5) is 22.1 Å². The molecule has 1 heterocycles. The van der Waals surface area contributed by atoms with Gasteiger partial charge in [-0.05, 0) is 5.56 Å². The van der Waals surface area contributed by atoms with Crippen molar-refractivity contribution in [2.75, 3.05) is 0 Å². The van der Waals surface area contributed by atoms with Crippen molar-refractivity contribution in [1.82, 2.24) is 10.2 Å². The van der Waals surface area contributed by atoms with E-state index in [0.29, 0.717) is 0 Å². The van der Waals surface area contributed by atoms with Crippen LogP contribution in [0.25, 0.3) is 0 Å². The van der Waals surface area contributed by atoms with Gasteiger partial charge in [-0.2, -0.15) is 13.2 Å². The van der Waals surface area contributed by atoms with Crippen molar-refractivity contribution in [1.29, 1.82) is 0 Å². The summed E-state index contributed by atoms with van der Waals surface area (Å²) in [7, 11) is 0. The van der Waals surface area contributed by atoms with Gasteiger partial charge in [0, 0.05) is 0 Å². The van der Waals surface area contributed by atoms with Crippen LogP contribution in [0.2, 0.25) is 0 Å². The molecule has 0 saturated heterocycles. The van der Waals surface area contributed by atoms with Gasteiger partial charge in [0.05, 0.1) is 6.42 Å². The number of rotatable bonds is 2. The van der Waals surface area contributed by atoms with E-state index < -0.39 is 34.5 Å². The molecule has 7 heteroatoms. The Bertz CT molecular complexity index is 429. The van der Waals surface area contributed by atoms with Gasteiger partial charge in [0.15, 0.2) is 0 Å². The molecule has 92 valence electrons. The summed E-state index contributed by atoms with van der Waals surface area (Å²) in [5, 5.41) is -2.40. The largest absolute Gasteiger partial charge is 0.321 e. The van der Waals surface area contributed by atoms with Crippen molar-refractivity contribution in [2.24, 2.45) is 0 Å². The quantitative estimate of drug-likeness (QED) is 0.451. The van der Waals surface area contributed by atoms with Crippen LogP contribution in [0.3, 0.4) is 0 Å². The molecule has 0 unspecified atom stereocenters. The lowest BCUT2D eigenvalue weighted by molar-refractivity contribution is -0.251. The van der Waals surface area contributed by atoms with Gasteiger partial charge in [0.25, 0.3) is 11.9 Å².